The number of aliphatic hydroxyl groups excluding tert-OH is 9. The minimum Gasteiger partial charge on any atom is -0.451 e. The van der Waals surface area contributed by atoms with E-state index in [1.54, 1.807) is 5.48 Å². The summed E-state index contributed by atoms with van der Waals surface area (Å²) in [5, 5.41) is 89.4. The molecule has 0 saturated carbocycles. The van der Waals surface area contributed by atoms with Gasteiger partial charge in [-0.1, -0.05) is 0 Å². The van der Waals surface area contributed by atoms with Crippen LogP contribution in [0.3, 0.4) is 0 Å². The molecule has 0 aliphatic carbocycles. The maximum absolute atomic E-state index is 11.8. The highest BCUT2D eigenvalue weighted by molar-refractivity contribution is 5.78. The number of carbonyl (C=O) groups excluding carboxylic acids is 3. The number of rotatable bonds is 17. The van der Waals surface area contributed by atoms with Crippen LogP contribution < -0.4 is 11.2 Å². The summed E-state index contributed by atoms with van der Waals surface area (Å²) < 4.78 is 4.70. The number of carbonyl (C=O) groups is 3. The first-order valence-electron chi connectivity index (χ1n) is 10.2. The van der Waals surface area contributed by atoms with Gasteiger partial charge in [0.1, 0.15) is 48.8 Å². The van der Waals surface area contributed by atoms with E-state index in [-0.39, 0.29) is 19.0 Å². The van der Waals surface area contributed by atoms with Gasteiger partial charge >= 0.3 is 5.97 Å². The highest BCUT2D eigenvalue weighted by atomic mass is 16.6. The van der Waals surface area contributed by atoms with Crippen molar-refractivity contribution in [2.45, 2.75) is 74.1 Å². The Labute approximate surface area is 194 Å². The van der Waals surface area contributed by atoms with Crippen molar-refractivity contribution in [1.29, 1.82) is 0 Å². The zero-order chi connectivity index (χ0) is 26.8. The largest absolute Gasteiger partial charge is 0.451 e. The first-order chi connectivity index (χ1) is 16.0. The van der Waals surface area contributed by atoms with Crippen LogP contribution in [0.2, 0.25) is 0 Å². The van der Waals surface area contributed by atoms with Crippen molar-refractivity contribution >= 4 is 18.5 Å². The molecule has 0 aromatic carbocycles. The smallest absolute Gasteiger partial charge is 0.326 e. The van der Waals surface area contributed by atoms with E-state index >= 15 is 0 Å². The molecule has 0 bridgehead atoms. The second kappa shape index (κ2) is 19.6. The quantitative estimate of drug-likeness (QED) is 0.0379. The molecule has 0 saturated heterocycles. The molecule has 0 radical (unpaired) electrons. The normalized spacial score (nSPS) is 19.1. The zero-order valence-corrected chi connectivity index (χ0v) is 18.3. The molecular formula is C18H36N2O14. The lowest BCUT2D eigenvalue weighted by molar-refractivity contribution is -0.172. The van der Waals surface area contributed by atoms with Gasteiger partial charge in [0.2, 0.25) is 0 Å². The van der Waals surface area contributed by atoms with Gasteiger partial charge in [0, 0.05) is 0 Å². The van der Waals surface area contributed by atoms with Crippen molar-refractivity contribution < 1.29 is 70.3 Å². The summed E-state index contributed by atoms with van der Waals surface area (Å²) in [7, 11) is 0. The monoisotopic (exact) mass is 504 g/mol. The fourth-order valence-corrected chi connectivity index (χ4v) is 2.27. The third-order valence-electron chi connectivity index (χ3n) is 4.46. The number of unbranched alkanes of at least 4 members (excludes halogenated alkanes) is 1. The van der Waals surface area contributed by atoms with E-state index in [0.717, 1.165) is 0 Å². The van der Waals surface area contributed by atoms with Crippen LogP contribution in [0.15, 0.2) is 0 Å². The summed E-state index contributed by atoms with van der Waals surface area (Å²) in [4.78, 5) is 32.5. The molecule has 202 valence electrons. The number of nitrogens with two attached hydrogens (primary N) is 1. The van der Waals surface area contributed by atoms with Crippen LogP contribution in [0.5, 0.6) is 0 Å². The molecule has 0 aliphatic rings. The lowest BCUT2D eigenvalue weighted by Gasteiger charge is -2.26. The van der Waals surface area contributed by atoms with E-state index in [1.807, 2.05) is 0 Å². The van der Waals surface area contributed by atoms with Gasteiger partial charge in [-0.3, -0.25) is 9.59 Å². The van der Waals surface area contributed by atoms with Crippen molar-refractivity contribution in [3.8, 4) is 0 Å². The number of aldehydes is 2. The molecule has 0 aliphatic heterocycles. The summed E-state index contributed by atoms with van der Waals surface area (Å²) in [6.45, 7) is -1.20. The second-order valence-corrected chi connectivity index (χ2v) is 7.09. The lowest BCUT2D eigenvalue weighted by Crippen LogP contribution is -2.49. The highest BCUT2D eigenvalue weighted by Crippen LogP contribution is 2.10. The predicted octanol–water partition coefficient (Wildman–Crippen LogP) is -6.73. The first-order valence-corrected chi connectivity index (χ1v) is 10.2. The summed E-state index contributed by atoms with van der Waals surface area (Å²) in [5.74, 6) is -1.01. The van der Waals surface area contributed by atoms with Crippen molar-refractivity contribution in [2.75, 3.05) is 19.8 Å². The Kier molecular flexibility index (Phi) is 19.9. The molecule has 0 unspecified atom stereocenters. The maximum Gasteiger partial charge on any atom is 0.326 e. The Morgan fingerprint density at radius 2 is 1.32 bits per heavy atom. The van der Waals surface area contributed by atoms with E-state index in [1.165, 1.54) is 0 Å². The van der Waals surface area contributed by atoms with Gasteiger partial charge < -0.3 is 66.4 Å². The molecular weight excluding hydrogens is 468 g/mol. The average molecular weight is 504 g/mol. The summed E-state index contributed by atoms with van der Waals surface area (Å²) in [5.41, 5.74) is 7.03. The number of hydrogen-bond acceptors (Lipinski definition) is 16. The van der Waals surface area contributed by atoms with Gasteiger partial charge in [0.25, 0.3) is 0 Å². The van der Waals surface area contributed by atoms with Gasteiger partial charge in [-0.05, 0) is 25.8 Å². The van der Waals surface area contributed by atoms with Gasteiger partial charge in [0.05, 0.1) is 13.2 Å². The second-order valence-electron chi connectivity index (χ2n) is 7.09. The Bertz CT molecular complexity index is 557. The Morgan fingerprint density at radius 1 is 0.824 bits per heavy atom. The Balaban J connectivity index is 0. The number of ether oxygens (including phenoxy) is 1. The van der Waals surface area contributed by atoms with Crippen LogP contribution >= 0.6 is 0 Å². The fraction of sp³-hybridized carbons (Fsp3) is 0.833. The van der Waals surface area contributed by atoms with Crippen molar-refractivity contribution in [2.24, 2.45) is 5.73 Å². The molecule has 0 aromatic rings. The standard InChI is InChI=1S/C12H24N2O8.C6H12O6/c13-4-2-1-3-7(14-21)12(20)22-9(6-16)11(19)10(18)8(17)5-15;7-1-3(9)5(11)6(12)4(10)2-8/h6-11,14-15,17-19,21H,1-5,13H2;1,3-6,8-12H,2H2/t7-,8+,9-,10-,11+;3-,4+,5+,6+/m00/s1. The van der Waals surface area contributed by atoms with Crippen LogP contribution in [0.1, 0.15) is 19.3 Å². The molecule has 0 fully saturated rings. The molecule has 0 amide bonds. The first kappa shape index (κ1) is 34.5. The van der Waals surface area contributed by atoms with Gasteiger partial charge in [-0.25, -0.2) is 0 Å². The zero-order valence-electron chi connectivity index (χ0n) is 18.3. The van der Waals surface area contributed by atoms with Gasteiger partial charge in [-0.2, -0.15) is 5.48 Å². The molecule has 0 rings (SSSR count). The van der Waals surface area contributed by atoms with E-state index < -0.39 is 74.1 Å². The molecule has 0 spiro atoms. The minimum atomic E-state index is -1.92. The van der Waals surface area contributed by atoms with Crippen molar-refractivity contribution in [1.82, 2.24) is 5.48 Å². The number of esters is 1. The van der Waals surface area contributed by atoms with Crippen molar-refractivity contribution in [3.63, 3.8) is 0 Å². The summed E-state index contributed by atoms with van der Waals surface area (Å²) in [6.07, 6.45) is -12.7. The number of hydrogen-bond donors (Lipinski definition) is 12. The van der Waals surface area contributed by atoms with Crippen LogP contribution in [0, 0.1) is 0 Å². The topological polar surface area (TPSA) is 301 Å². The number of hydroxylamine groups is 1. The summed E-state index contributed by atoms with van der Waals surface area (Å²) >= 11 is 0. The molecule has 13 N–H and O–H groups in total. The SMILES string of the molecule is NCCCC[C@H](NO)C(=O)O[C@@H](C=O)[C@@H](O)[C@@H](O)[C@H](O)CO.O=C[C@H](O)[C@@H](O)[C@H](O)[C@H](O)CO. The summed E-state index contributed by atoms with van der Waals surface area (Å²) in [6, 6.07) is -1.12. The third-order valence-corrected chi connectivity index (χ3v) is 4.46. The molecule has 16 nitrogen and oxygen atoms in total. The number of nitrogens with one attached hydrogen (secondary N) is 1. The fourth-order valence-electron chi connectivity index (χ4n) is 2.27. The molecule has 34 heavy (non-hydrogen) atoms. The molecule has 16 heteroatoms. The predicted molar refractivity (Wildman–Crippen MR) is 110 cm³/mol. The van der Waals surface area contributed by atoms with E-state index in [4.69, 9.17) is 46.3 Å². The van der Waals surface area contributed by atoms with Gasteiger partial charge in [0.15, 0.2) is 18.7 Å². The van der Waals surface area contributed by atoms with E-state index in [0.29, 0.717) is 19.4 Å². The average Bonchev–Trinajstić information content (AvgIpc) is 2.86. The minimum absolute atomic E-state index is 0.0258. The highest BCUT2D eigenvalue weighted by Gasteiger charge is 2.35. The van der Waals surface area contributed by atoms with Crippen LogP contribution in [0.25, 0.3) is 0 Å². The van der Waals surface area contributed by atoms with Crippen LogP contribution in [-0.4, -0.2) is 144 Å². The molecule has 9 atom stereocenters. The van der Waals surface area contributed by atoms with Crippen LogP contribution in [-0.2, 0) is 19.1 Å². The third kappa shape index (κ3) is 12.7. The van der Waals surface area contributed by atoms with Gasteiger partial charge in [-0.15, -0.1) is 0 Å². The Morgan fingerprint density at radius 3 is 1.71 bits per heavy atom. The van der Waals surface area contributed by atoms with Crippen molar-refractivity contribution in [3.05, 3.63) is 0 Å². The Hall–Kier alpha value is -1.67. The maximum atomic E-state index is 11.8. The number of aliphatic hydroxyl groups is 9. The lowest BCUT2D eigenvalue weighted by atomic mass is 10.0. The van der Waals surface area contributed by atoms with E-state index in [2.05, 4.69) is 0 Å². The molecule has 0 heterocycles. The molecule has 0 aromatic heterocycles. The van der Waals surface area contributed by atoms with E-state index in [9.17, 15) is 29.7 Å². The van der Waals surface area contributed by atoms with Crippen LogP contribution in [0.4, 0.5) is 0 Å².